The van der Waals surface area contributed by atoms with E-state index >= 15 is 0 Å². The molecule has 0 aliphatic carbocycles. The number of aromatic nitrogens is 1. The number of rotatable bonds is 4. The number of pyridine rings is 1. The highest BCUT2D eigenvalue weighted by Crippen LogP contribution is 2.17. The molecular weight excluding hydrogens is 322 g/mol. The highest BCUT2D eigenvalue weighted by molar-refractivity contribution is 6.05. The summed E-state index contributed by atoms with van der Waals surface area (Å²) in [5.41, 5.74) is 6.54. The number of morpholine rings is 1. The molecule has 25 heavy (non-hydrogen) atoms. The molecule has 2 aromatic rings. The molecule has 3 amide bonds. The third kappa shape index (κ3) is 4.45. The Kier molecular flexibility index (Phi) is 5.10. The topological polar surface area (TPSA) is 110 Å². The van der Waals surface area contributed by atoms with Crippen LogP contribution in [0.1, 0.15) is 10.4 Å². The Morgan fingerprint density at radius 2 is 1.88 bits per heavy atom. The van der Waals surface area contributed by atoms with Gasteiger partial charge < -0.3 is 26.0 Å². The predicted molar refractivity (Wildman–Crippen MR) is 94.9 cm³/mol. The van der Waals surface area contributed by atoms with Crippen molar-refractivity contribution >= 4 is 29.1 Å². The highest BCUT2D eigenvalue weighted by Gasteiger charge is 2.13. The lowest BCUT2D eigenvalue weighted by Gasteiger charge is -2.27. The van der Waals surface area contributed by atoms with Gasteiger partial charge in [-0.15, -0.1) is 0 Å². The Bertz CT molecular complexity index is 757. The van der Waals surface area contributed by atoms with E-state index in [0.717, 1.165) is 18.9 Å². The first kappa shape index (κ1) is 16.7. The molecule has 1 fully saturated rings. The maximum absolute atomic E-state index is 12.3. The van der Waals surface area contributed by atoms with Crippen molar-refractivity contribution in [3.63, 3.8) is 0 Å². The van der Waals surface area contributed by atoms with E-state index in [2.05, 4.69) is 20.5 Å². The van der Waals surface area contributed by atoms with Crippen LogP contribution in [-0.2, 0) is 4.74 Å². The summed E-state index contributed by atoms with van der Waals surface area (Å²) >= 11 is 0. The van der Waals surface area contributed by atoms with Crippen molar-refractivity contribution in [3.8, 4) is 0 Å². The van der Waals surface area contributed by atoms with Gasteiger partial charge in [0.05, 0.1) is 25.1 Å². The van der Waals surface area contributed by atoms with Gasteiger partial charge in [0, 0.05) is 24.3 Å². The van der Waals surface area contributed by atoms with E-state index in [1.807, 2.05) is 6.07 Å². The molecule has 1 aromatic carbocycles. The first-order chi connectivity index (χ1) is 12.1. The molecule has 1 aliphatic rings. The monoisotopic (exact) mass is 341 g/mol. The molecule has 1 aromatic heterocycles. The number of amides is 3. The first-order valence-electron chi connectivity index (χ1n) is 7.88. The number of primary amides is 1. The number of carbonyl (C=O) groups excluding carboxylic acids is 2. The first-order valence-corrected chi connectivity index (χ1v) is 7.88. The van der Waals surface area contributed by atoms with Crippen molar-refractivity contribution < 1.29 is 14.3 Å². The largest absolute Gasteiger partial charge is 0.378 e. The fourth-order valence-electron chi connectivity index (χ4n) is 2.52. The lowest BCUT2D eigenvalue weighted by molar-refractivity contribution is 0.102. The van der Waals surface area contributed by atoms with Crippen molar-refractivity contribution in [1.82, 2.24) is 4.98 Å². The minimum absolute atomic E-state index is 0.297. The Balaban J connectivity index is 1.65. The van der Waals surface area contributed by atoms with E-state index in [1.165, 1.54) is 0 Å². The number of hydrogen-bond donors (Lipinski definition) is 3. The number of nitrogens with two attached hydrogens (primary N) is 1. The van der Waals surface area contributed by atoms with Gasteiger partial charge in [0.2, 0.25) is 0 Å². The average molecular weight is 341 g/mol. The minimum Gasteiger partial charge on any atom is -0.378 e. The fourth-order valence-corrected chi connectivity index (χ4v) is 2.52. The van der Waals surface area contributed by atoms with E-state index in [1.54, 1.807) is 36.5 Å². The van der Waals surface area contributed by atoms with Crippen LogP contribution in [0.2, 0.25) is 0 Å². The van der Waals surface area contributed by atoms with Gasteiger partial charge in [-0.05, 0) is 30.3 Å². The van der Waals surface area contributed by atoms with Crippen LogP contribution in [-0.4, -0.2) is 43.2 Å². The standard InChI is InChI=1S/C17H19N5O3/c18-17(24)21-13-3-1-2-12(10-13)16(23)20-14-4-5-15(19-11-14)22-6-8-25-9-7-22/h1-5,10-11H,6-9H2,(H,20,23)(H3,18,21,24). The summed E-state index contributed by atoms with van der Waals surface area (Å²) in [5.74, 6) is 0.558. The van der Waals surface area contributed by atoms with Crippen LogP contribution in [0.5, 0.6) is 0 Å². The van der Waals surface area contributed by atoms with Crippen LogP contribution in [0.15, 0.2) is 42.6 Å². The van der Waals surface area contributed by atoms with Gasteiger partial charge in [-0.2, -0.15) is 0 Å². The maximum Gasteiger partial charge on any atom is 0.316 e. The van der Waals surface area contributed by atoms with Crippen LogP contribution < -0.4 is 21.3 Å². The Labute approximate surface area is 145 Å². The zero-order valence-electron chi connectivity index (χ0n) is 13.6. The molecule has 0 unspecified atom stereocenters. The average Bonchev–Trinajstić information content (AvgIpc) is 2.63. The number of nitrogens with one attached hydrogen (secondary N) is 2. The Morgan fingerprint density at radius 3 is 2.56 bits per heavy atom. The quantitative estimate of drug-likeness (QED) is 0.783. The van der Waals surface area contributed by atoms with Gasteiger partial charge in [-0.1, -0.05) is 6.07 Å². The van der Waals surface area contributed by atoms with Gasteiger partial charge in [-0.3, -0.25) is 4.79 Å². The maximum atomic E-state index is 12.3. The van der Waals surface area contributed by atoms with Crippen LogP contribution >= 0.6 is 0 Å². The van der Waals surface area contributed by atoms with Gasteiger partial charge in [0.25, 0.3) is 5.91 Å². The smallest absolute Gasteiger partial charge is 0.316 e. The van der Waals surface area contributed by atoms with E-state index in [4.69, 9.17) is 10.5 Å². The molecule has 2 heterocycles. The molecule has 8 nitrogen and oxygen atoms in total. The van der Waals surface area contributed by atoms with Crippen molar-refractivity contribution in [2.24, 2.45) is 5.73 Å². The molecule has 4 N–H and O–H groups in total. The van der Waals surface area contributed by atoms with E-state index < -0.39 is 6.03 Å². The molecule has 0 atom stereocenters. The highest BCUT2D eigenvalue weighted by atomic mass is 16.5. The van der Waals surface area contributed by atoms with E-state index in [9.17, 15) is 9.59 Å². The molecule has 3 rings (SSSR count). The fraction of sp³-hybridized carbons (Fsp3) is 0.235. The zero-order valence-corrected chi connectivity index (χ0v) is 13.6. The Hall–Kier alpha value is -3.13. The van der Waals surface area contributed by atoms with Crippen molar-refractivity contribution in [2.45, 2.75) is 0 Å². The van der Waals surface area contributed by atoms with Crippen molar-refractivity contribution in [2.75, 3.05) is 41.8 Å². The number of benzene rings is 1. The third-order valence-electron chi connectivity index (χ3n) is 3.73. The van der Waals surface area contributed by atoms with Gasteiger partial charge in [0.15, 0.2) is 0 Å². The number of carbonyl (C=O) groups is 2. The minimum atomic E-state index is -0.680. The number of hydrogen-bond acceptors (Lipinski definition) is 5. The predicted octanol–water partition coefficient (Wildman–Crippen LogP) is 1.66. The van der Waals surface area contributed by atoms with Crippen LogP contribution in [0.4, 0.5) is 22.0 Å². The number of nitrogens with zero attached hydrogens (tertiary/aromatic N) is 2. The summed E-state index contributed by atoms with van der Waals surface area (Å²) in [5, 5.41) is 5.22. The van der Waals surface area contributed by atoms with Gasteiger partial charge in [-0.25, -0.2) is 9.78 Å². The number of ether oxygens (including phenoxy) is 1. The third-order valence-corrected chi connectivity index (χ3v) is 3.73. The number of urea groups is 1. The van der Waals surface area contributed by atoms with E-state index in [0.29, 0.717) is 30.2 Å². The molecule has 0 saturated carbocycles. The molecule has 130 valence electrons. The van der Waals surface area contributed by atoms with Crippen molar-refractivity contribution in [1.29, 1.82) is 0 Å². The van der Waals surface area contributed by atoms with Gasteiger partial charge >= 0.3 is 6.03 Å². The molecular formula is C17H19N5O3. The lowest BCUT2D eigenvalue weighted by atomic mass is 10.2. The Morgan fingerprint density at radius 1 is 1.08 bits per heavy atom. The SMILES string of the molecule is NC(=O)Nc1cccc(C(=O)Nc2ccc(N3CCOCC3)nc2)c1. The summed E-state index contributed by atoms with van der Waals surface area (Å²) in [4.78, 5) is 29.7. The molecule has 8 heteroatoms. The zero-order chi connectivity index (χ0) is 17.6. The molecule has 1 saturated heterocycles. The van der Waals surface area contributed by atoms with Crippen LogP contribution in [0.3, 0.4) is 0 Å². The summed E-state index contributed by atoms with van der Waals surface area (Å²) in [7, 11) is 0. The normalized spacial score (nSPS) is 14.0. The summed E-state index contributed by atoms with van der Waals surface area (Å²) in [6.07, 6.45) is 1.62. The second-order valence-corrected chi connectivity index (χ2v) is 5.53. The second-order valence-electron chi connectivity index (χ2n) is 5.53. The summed E-state index contributed by atoms with van der Waals surface area (Å²) < 4.78 is 5.32. The summed E-state index contributed by atoms with van der Waals surface area (Å²) in [6, 6.07) is 9.51. The number of anilines is 3. The van der Waals surface area contributed by atoms with Crippen molar-refractivity contribution in [3.05, 3.63) is 48.2 Å². The van der Waals surface area contributed by atoms with Crippen LogP contribution in [0, 0.1) is 0 Å². The van der Waals surface area contributed by atoms with E-state index in [-0.39, 0.29) is 5.91 Å². The summed E-state index contributed by atoms with van der Waals surface area (Å²) in [6.45, 7) is 2.99. The molecule has 0 spiro atoms. The van der Waals surface area contributed by atoms with Gasteiger partial charge in [0.1, 0.15) is 5.82 Å². The molecule has 0 bridgehead atoms. The lowest BCUT2D eigenvalue weighted by Crippen LogP contribution is -2.36. The second kappa shape index (κ2) is 7.63. The van der Waals surface area contributed by atoms with Crippen LogP contribution in [0.25, 0.3) is 0 Å². The molecule has 0 radical (unpaired) electrons. The molecule has 1 aliphatic heterocycles.